The molecule has 3 fully saturated rings. The van der Waals surface area contributed by atoms with E-state index in [9.17, 15) is 0 Å². The number of H-pyrrole nitrogens is 1. The molecule has 0 amide bonds. The third-order valence-electron chi connectivity index (χ3n) is 6.11. The quantitative estimate of drug-likeness (QED) is 0.459. The highest BCUT2D eigenvalue weighted by Crippen LogP contribution is 2.53. The van der Waals surface area contributed by atoms with Crippen molar-refractivity contribution in [2.24, 2.45) is 5.92 Å². The molecule has 3 aliphatic carbocycles. The van der Waals surface area contributed by atoms with Crippen LogP contribution in [0.25, 0.3) is 10.9 Å². The van der Waals surface area contributed by atoms with E-state index in [0.717, 1.165) is 59.9 Å². The van der Waals surface area contributed by atoms with Crippen molar-refractivity contribution in [1.82, 2.24) is 25.5 Å². The number of nitrogens with one attached hydrogen (secondary N) is 4. The van der Waals surface area contributed by atoms with Crippen LogP contribution in [0.4, 0.5) is 17.5 Å². The van der Waals surface area contributed by atoms with E-state index in [1.165, 1.54) is 0 Å². The van der Waals surface area contributed by atoms with Gasteiger partial charge in [-0.05, 0) is 44.2 Å². The Morgan fingerprint density at radius 1 is 1.28 bits per heavy atom. The number of nitriles is 1. The lowest BCUT2D eigenvalue weighted by Gasteiger charge is -2.39. The van der Waals surface area contributed by atoms with Gasteiger partial charge in [-0.25, -0.2) is 4.98 Å². The molecule has 8 nitrogen and oxygen atoms in total. The number of aromatic amines is 1. The van der Waals surface area contributed by atoms with Crippen LogP contribution in [0.1, 0.15) is 31.4 Å². The van der Waals surface area contributed by atoms with Crippen LogP contribution in [0.3, 0.4) is 0 Å². The van der Waals surface area contributed by atoms with Crippen molar-refractivity contribution < 1.29 is 0 Å². The molecule has 0 unspecified atom stereocenters. The Morgan fingerprint density at radius 2 is 2.17 bits per heavy atom. The summed E-state index contributed by atoms with van der Waals surface area (Å²) in [6.07, 6.45) is 5.74. The van der Waals surface area contributed by atoms with Crippen molar-refractivity contribution in [3.05, 3.63) is 36.2 Å². The zero-order chi connectivity index (χ0) is 19.8. The predicted octanol–water partition coefficient (Wildman–Crippen LogP) is 3.24. The smallest absolute Gasteiger partial charge is 0.153 e. The molecule has 29 heavy (non-hydrogen) atoms. The minimum absolute atomic E-state index is 0.190. The molecule has 2 bridgehead atoms. The Kier molecular flexibility index (Phi) is 4.32. The SMILES string of the molecule is Cc1cc(Nc2cc3ncccc3c(N[C@@H]3CC4(NCCC#N)CC3C4)n2)n[nH]1. The van der Waals surface area contributed by atoms with Crippen LogP contribution in [-0.2, 0) is 0 Å². The minimum Gasteiger partial charge on any atom is -0.366 e. The van der Waals surface area contributed by atoms with Crippen molar-refractivity contribution in [2.45, 2.75) is 44.2 Å². The normalized spacial score (nSPS) is 24.8. The number of hydrogen-bond acceptors (Lipinski definition) is 7. The van der Waals surface area contributed by atoms with Gasteiger partial charge in [0.15, 0.2) is 5.82 Å². The molecule has 148 valence electrons. The van der Waals surface area contributed by atoms with Crippen LogP contribution < -0.4 is 16.0 Å². The predicted molar refractivity (Wildman–Crippen MR) is 112 cm³/mol. The molecule has 0 saturated heterocycles. The molecule has 0 spiro atoms. The molecule has 3 saturated carbocycles. The Morgan fingerprint density at radius 3 is 2.97 bits per heavy atom. The molecular weight excluding hydrogens is 364 g/mol. The molecule has 3 aromatic rings. The molecular formula is C21H24N8. The maximum Gasteiger partial charge on any atom is 0.153 e. The van der Waals surface area contributed by atoms with Crippen molar-refractivity contribution >= 4 is 28.4 Å². The van der Waals surface area contributed by atoms with Gasteiger partial charge in [0.1, 0.15) is 11.6 Å². The average molecular weight is 388 g/mol. The molecule has 0 radical (unpaired) electrons. The van der Waals surface area contributed by atoms with Crippen LogP contribution in [0, 0.1) is 24.2 Å². The highest BCUT2D eigenvalue weighted by atomic mass is 15.2. The summed E-state index contributed by atoms with van der Waals surface area (Å²) in [6.45, 7) is 2.73. The topological polar surface area (TPSA) is 114 Å². The Balaban J connectivity index is 1.38. The lowest BCUT2D eigenvalue weighted by Crippen LogP contribution is -2.49. The number of anilines is 3. The molecule has 3 aliphatic rings. The number of aryl methyl sites for hydroxylation is 1. The molecule has 4 N–H and O–H groups in total. The van der Waals surface area contributed by atoms with Gasteiger partial charge in [0.05, 0.1) is 11.6 Å². The molecule has 1 atom stereocenters. The van der Waals surface area contributed by atoms with E-state index in [0.29, 0.717) is 18.4 Å². The lowest BCUT2D eigenvalue weighted by atomic mass is 9.76. The van der Waals surface area contributed by atoms with Gasteiger partial charge in [-0.1, -0.05) is 0 Å². The van der Waals surface area contributed by atoms with Crippen molar-refractivity contribution in [1.29, 1.82) is 5.26 Å². The van der Waals surface area contributed by atoms with E-state index in [4.69, 9.17) is 10.2 Å². The Hall–Kier alpha value is -3.18. The number of pyridine rings is 2. The summed E-state index contributed by atoms with van der Waals surface area (Å²) < 4.78 is 0. The van der Waals surface area contributed by atoms with Crippen molar-refractivity contribution in [2.75, 3.05) is 17.2 Å². The van der Waals surface area contributed by atoms with Crippen LogP contribution in [0.5, 0.6) is 0 Å². The number of hydrogen-bond donors (Lipinski definition) is 4. The summed E-state index contributed by atoms with van der Waals surface area (Å²) in [5.74, 6) is 2.95. The second-order valence-electron chi connectivity index (χ2n) is 8.23. The third kappa shape index (κ3) is 3.38. The largest absolute Gasteiger partial charge is 0.366 e. The summed E-state index contributed by atoms with van der Waals surface area (Å²) in [5, 5.41) is 27.6. The zero-order valence-corrected chi connectivity index (χ0v) is 16.4. The fourth-order valence-electron chi connectivity index (χ4n) is 4.79. The van der Waals surface area contributed by atoms with Crippen LogP contribution >= 0.6 is 0 Å². The van der Waals surface area contributed by atoms with Gasteiger partial charge in [-0.3, -0.25) is 10.1 Å². The minimum atomic E-state index is 0.190. The first-order valence-corrected chi connectivity index (χ1v) is 10.1. The first-order valence-electron chi connectivity index (χ1n) is 10.1. The van der Waals surface area contributed by atoms with Gasteiger partial charge in [-0.2, -0.15) is 10.4 Å². The number of aromatic nitrogens is 4. The van der Waals surface area contributed by atoms with Gasteiger partial charge in [0.25, 0.3) is 0 Å². The fourth-order valence-corrected chi connectivity index (χ4v) is 4.79. The summed E-state index contributed by atoms with van der Waals surface area (Å²) in [6, 6.07) is 10.5. The van der Waals surface area contributed by atoms with Crippen molar-refractivity contribution in [3.8, 4) is 6.07 Å². The van der Waals surface area contributed by atoms with Gasteiger partial charge in [-0.15, -0.1) is 0 Å². The summed E-state index contributed by atoms with van der Waals surface area (Å²) in [4.78, 5) is 9.37. The third-order valence-corrected chi connectivity index (χ3v) is 6.11. The second-order valence-corrected chi connectivity index (χ2v) is 8.23. The fraction of sp³-hybridized carbons (Fsp3) is 0.429. The van der Waals surface area contributed by atoms with E-state index in [1.54, 1.807) is 6.20 Å². The molecule has 8 heteroatoms. The second kappa shape index (κ2) is 7.01. The summed E-state index contributed by atoms with van der Waals surface area (Å²) in [5.41, 5.74) is 2.08. The molecule has 3 heterocycles. The van der Waals surface area contributed by atoms with Crippen LogP contribution in [0.15, 0.2) is 30.5 Å². The Labute approximate surface area is 169 Å². The zero-order valence-electron chi connectivity index (χ0n) is 16.4. The van der Waals surface area contributed by atoms with E-state index >= 15 is 0 Å². The van der Waals surface area contributed by atoms with E-state index in [2.05, 4.69) is 43.3 Å². The Bertz CT molecular complexity index is 1080. The van der Waals surface area contributed by atoms with E-state index in [1.807, 2.05) is 25.1 Å². The average Bonchev–Trinajstić information content (AvgIpc) is 3.34. The van der Waals surface area contributed by atoms with Gasteiger partial charge >= 0.3 is 0 Å². The van der Waals surface area contributed by atoms with E-state index < -0.39 is 0 Å². The highest BCUT2D eigenvalue weighted by molar-refractivity contribution is 5.91. The van der Waals surface area contributed by atoms with Gasteiger partial charge < -0.3 is 16.0 Å². The number of fused-ring (bicyclic) bond motifs is 2. The van der Waals surface area contributed by atoms with Crippen molar-refractivity contribution in [3.63, 3.8) is 0 Å². The van der Waals surface area contributed by atoms with Gasteiger partial charge in [0.2, 0.25) is 0 Å². The van der Waals surface area contributed by atoms with Gasteiger partial charge in [0, 0.05) is 54.0 Å². The van der Waals surface area contributed by atoms with E-state index in [-0.39, 0.29) is 5.54 Å². The number of nitrogens with zero attached hydrogens (tertiary/aromatic N) is 4. The monoisotopic (exact) mass is 388 g/mol. The lowest BCUT2D eigenvalue weighted by molar-refractivity contribution is 0.190. The highest BCUT2D eigenvalue weighted by Gasteiger charge is 2.55. The first kappa shape index (κ1) is 17.9. The standard InChI is InChI=1S/C21H24N8/c1-13-8-19(29-28-13)26-18-9-16-15(4-2-6-23-16)20(27-18)25-17-12-21(10-14(17)11-21)24-7-3-5-22/h2,4,6,8-9,14,17,24H,3,7,10-12H2,1H3,(H3,25,26,27,28,29)/t14?,17-,21?/m1/s1. The van der Waals surface area contributed by atoms with Crippen LogP contribution in [0.2, 0.25) is 0 Å². The first-order chi connectivity index (χ1) is 14.1. The summed E-state index contributed by atoms with van der Waals surface area (Å²) in [7, 11) is 0. The maximum absolute atomic E-state index is 8.79. The maximum atomic E-state index is 8.79. The molecule has 3 aromatic heterocycles. The molecule has 0 aliphatic heterocycles. The summed E-state index contributed by atoms with van der Waals surface area (Å²) >= 11 is 0. The molecule has 6 rings (SSSR count). The molecule has 0 aromatic carbocycles. The van der Waals surface area contributed by atoms with Crippen LogP contribution in [-0.4, -0.2) is 38.3 Å². The number of rotatable bonds is 7.